The maximum absolute atomic E-state index is 13.2. The van der Waals surface area contributed by atoms with Crippen LogP contribution in [0.3, 0.4) is 0 Å². The van der Waals surface area contributed by atoms with Gasteiger partial charge in [0.1, 0.15) is 22.8 Å². The minimum Gasteiger partial charge on any atom is -0.476 e. The minimum atomic E-state index is -0.728. The Kier molecular flexibility index (Phi) is 13.5. The molecule has 0 saturated carbocycles. The maximum Gasteiger partial charge on any atom is 0.356 e. The number of unbranched alkanes of at least 4 members (excludes halogenated alkanes) is 1. The summed E-state index contributed by atoms with van der Waals surface area (Å²) in [6.45, 7) is 3.10. The molecule has 3 heterocycles. The summed E-state index contributed by atoms with van der Waals surface area (Å²) < 4.78 is 21.5. The highest BCUT2D eigenvalue weighted by molar-refractivity contribution is 6.06. The average Bonchev–Trinajstić information content (AvgIpc) is 3.05. The quantitative estimate of drug-likeness (QED) is 0.0676. The Balaban J connectivity index is 1.87. The van der Waals surface area contributed by atoms with Crippen molar-refractivity contribution >= 4 is 34.8 Å². The number of nitro groups is 1. The molecular weight excluding hydrogens is 604 g/mol. The first kappa shape index (κ1) is 35.1. The molecule has 0 fully saturated rings. The third-order valence-corrected chi connectivity index (χ3v) is 6.02. The first-order valence-electron chi connectivity index (χ1n) is 14.4. The second-order valence-electron chi connectivity index (χ2n) is 9.46. The van der Waals surface area contributed by atoms with Crippen molar-refractivity contribution in [3.8, 4) is 17.6 Å². The Bertz CT molecular complexity index is 1540. The predicted octanol–water partition coefficient (Wildman–Crippen LogP) is 2.71. The molecule has 0 unspecified atom stereocenters. The van der Waals surface area contributed by atoms with Gasteiger partial charge in [-0.3, -0.25) is 19.7 Å². The zero-order chi connectivity index (χ0) is 33.5. The number of ether oxygens (including phenoxy) is 4. The molecule has 6 N–H and O–H groups in total. The number of carbonyl (C=O) groups excluding carboxylic acids is 3. The van der Waals surface area contributed by atoms with Gasteiger partial charge in [-0.25, -0.2) is 19.7 Å². The van der Waals surface area contributed by atoms with Gasteiger partial charge >= 0.3 is 11.7 Å². The van der Waals surface area contributed by atoms with Crippen LogP contribution < -0.4 is 36.3 Å². The van der Waals surface area contributed by atoms with E-state index in [9.17, 15) is 24.5 Å². The fraction of sp³-hybridized carbons (Fsp3) is 0.379. The van der Waals surface area contributed by atoms with Gasteiger partial charge in [0, 0.05) is 6.07 Å². The van der Waals surface area contributed by atoms with Gasteiger partial charge in [-0.05, 0) is 62.7 Å². The minimum absolute atomic E-state index is 0.0263. The molecule has 246 valence electrons. The molecule has 0 aliphatic carbocycles. The summed E-state index contributed by atoms with van der Waals surface area (Å²) in [5.74, 6) is -2.49. The number of aromatic nitrogens is 3. The van der Waals surface area contributed by atoms with Crippen LogP contribution in [0.1, 0.15) is 64.1 Å². The molecule has 17 heteroatoms. The summed E-state index contributed by atoms with van der Waals surface area (Å²) >= 11 is 0. The SMILES string of the molecule is CCCCOc1nc(C(=O)Nc2ccc(C(=O)Nc3ccc(C(=O)OC)nc3OCCCN)nc2OCCCN)ccc1[N+](=O)[O-]. The molecule has 0 spiro atoms. The van der Waals surface area contributed by atoms with Crippen LogP contribution in [-0.4, -0.2) is 77.7 Å². The lowest BCUT2D eigenvalue weighted by Crippen LogP contribution is -2.19. The van der Waals surface area contributed by atoms with Gasteiger partial charge in [0.25, 0.3) is 17.7 Å². The Labute approximate surface area is 264 Å². The highest BCUT2D eigenvalue weighted by atomic mass is 16.6. The fourth-order valence-corrected chi connectivity index (χ4v) is 3.63. The molecular formula is C29H36N8O9. The number of nitrogens with zero attached hydrogens (tertiary/aromatic N) is 4. The van der Waals surface area contributed by atoms with Gasteiger partial charge in [0.2, 0.25) is 11.8 Å². The average molecular weight is 641 g/mol. The number of carbonyl (C=O) groups is 3. The number of methoxy groups -OCH3 is 1. The van der Waals surface area contributed by atoms with Crippen LogP contribution in [0.15, 0.2) is 36.4 Å². The van der Waals surface area contributed by atoms with Gasteiger partial charge in [0.15, 0.2) is 5.69 Å². The third kappa shape index (κ3) is 9.80. The predicted molar refractivity (Wildman–Crippen MR) is 165 cm³/mol. The van der Waals surface area contributed by atoms with E-state index in [1.807, 2.05) is 6.92 Å². The summed E-state index contributed by atoms with van der Waals surface area (Å²) in [6, 6.07) is 7.86. The third-order valence-electron chi connectivity index (χ3n) is 6.02. The molecule has 3 rings (SSSR count). The van der Waals surface area contributed by atoms with Crippen LogP contribution in [0.2, 0.25) is 0 Å². The molecule has 17 nitrogen and oxygen atoms in total. The van der Waals surface area contributed by atoms with E-state index in [0.717, 1.165) is 12.5 Å². The molecule has 3 aromatic heterocycles. The molecule has 0 aromatic carbocycles. The molecule has 0 aliphatic rings. The number of nitrogens with two attached hydrogens (primary N) is 2. The van der Waals surface area contributed by atoms with Crippen molar-refractivity contribution in [3.63, 3.8) is 0 Å². The lowest BCUT2D eigenvalue weighted by Gasteiger charge is -2.14. The van der Waals surface area contributed by atoms with Crippen LogP contribution in [0, 0.1) is 10.1 Å². The number of amides is 2. The smallest absolute Gasteiger partial charge is 0.356 e. The van der Waals surface area contributed by atoms with E-state index >= 15 is 0 Å². The van der Waals surface area contributed by atoms with Crippen LogP contribution in [0.4, 0.5) is 17.1 Å². The molecule has 3 aromatic rings. The summed E-state index contributed by atoms with van der Waals surface area (Å²) in [7, 11) is 1.21. The number of nitrogens with one attached hydrogen (secondary N) is 2. The number of hydrogen-bond donors (Lipinski definition) is 4. The Hall–Kier alpha value is -5.42. The van der Waals surface area contributed by atoms with Gasteiger partial charge in [-0.1, -0.05) is 13.3 Å². The Morgan fingerprint density at radius 1 is 0.739 bits per heavy atom. The molecule has 0 radical (unpaired) electrons. The van der Waals surface area contributed by atoms with E-state index < -0.39 is 22.7 Å². The molecule has 0 aliphatic heterocycles. The normalized spacial score (nSPS) is 10.5. The second-order valence-corrected chi connectivity index (χ2v) is 9.46. The van der Waals surface area contributed by atoms with E-state index in [1.54, 1.807) is 0 Å². The maximum atomic E-state index is 13.2. The summed E-state index contributed by atoms with van der Waals surface area (Å²) in [4.78, 5) is 61.5. The standard InChI is InChI=1S/C29H36N8O9/c1-3-4-15-46-28-23(37(41)42)12-11-19(35-28)25(39)32-20-8-7-18(34-26(20)44-16-5-13-30)24(38)33-21-9-10-22(29(40)43-2)36-27(21)45-17-6-14-31/h7-12H,3-6,13-17,30-31H2,1-2H3,(H,32,39)(H,33,38). The fourth-order valence-electron chi connectivity index (χ4n) is 3.63. The first-order chi connectivity index (χ1) is 22.2. The van der Waals surface area contributed by atoms with Crippen LogP contribution in [-0.2, 0) is 4.74 Å². The van der Waals surface area contributed by atoms with Crippen molar-refractivity contribution in [2.45, 2.75) is 32.6 Å². The zero-order valence-electron chi connectivity index (χ0n) is 25.4. The van der Waals surface area contributed by atoms with Crippen LogP contribution >= 0.6 is 0 Å². The Morgan fingerprint density at radius 2 is 1.20 bits per heavy atom. The monoisotopic (exact) mass is 640 g/mol. The number of rotatable bonds is 18. The van der Waals surface area contributed by atoms with Gasteiger partial charge in [-0.2, -0.15) is 0 Å². The van der Waals surface area contributed by atoms with E-state index in [2.05, 4.69) is 25.6 Å². The van der Waals surface area contributed by atoms with Crippen molar-refractivity contribution in [1.82, 2.24) is 15.0 Å². The lowest BCUT2D eigenvalue weighted by molar-refractivity contribution is -0.386. The van der Waals surface area contributed by atoms with Crippen molar-refractivity contribution in [2.75, 3.05) is 50.7 Å². The largest absolute Gasteiger partial charge is 0.476 e. The van der Waals surface area contributed by atoms with Crippen molar-refractivity contribution < 1.29 is 38.3 Å². The Morgan fingerprint density at radius 3 is 1.70 bits per heavy atom. The lowest BCUT2D eigenvalue weighted by atomic mass is 10.2. The van der Waals surface area contributed by atoms with Crippen LogP contribution in [0.5, 0.6) is 17.6 Å². The highest BCUT2D eigenvalue weighted by Gasteiger charge is 2.23. The van der Waals surface area contributed by atoms with Gasteiger partial charge in [0.05, 0.1) is 31.9 Å². The topological polar surface area (TPSA) is 246 Å². The molecule has 0 bridgehead atoms. The molecule has 46 heavy (non-hydrogen) atoms. The van der Waals surface area contributed by atoms with Gasteiger partial charge in [-0.15, -0.1) is 0 Å². The second kappa shape index (κ2) is 17.8. The van der Waals surface area contributed by atoms with Crippen molar-refractivity contribution in [1.29, 1.82) is 0 Å². The highest BCUT2D eigenvalue weighted by Crippen LogP contribution is 2.28. The van der Waals surface area contributed by atoms with Gasteiger partial charge < -0.3 is 41.0 Å². The number of pyridine rings is 3. The van der Waals surface area contributed by atoms with E-state index in [-0.39, 0.29) is 71.6 Å². The first-order valence-corrected chi connectivity index (χ1v) is 14.4. The van der Waals surface area contributed by atoms with E-state index in [4.69, 9.17) is 30.4 Å². The van der Waals surface area contributed by atoms with Crippen molar-refractivity contribution in [2.24, 2.45) is 11.5 Å². The zero-order valence-corrected chi connectivity index (χ0v) is 25.4. The summed E-state index contributed by atoms with van der Waals surface area (Å²) in [5.41, 5.74) is 10.7. The number of anilines is 2. The molecule has 2 amide bonds. The number of esters is 1. The summed E-state index contributed by atoms with van der Waals surface area (Å²) in [6.07, 6.45) is 2.39. The van der Waals surface area contributed by atoms with Crippen molar-refractivity contribution in [3.05, 3.63) is 63.6 Å². The summed E-state index contributed by atoms with van der Waals surface area (Å²) in [5, 5.41) is 16.7. The molecule has 0 atom stereocenters. The van der Waals surface area contributed by atoms with E-state index in [1.165, 1.54) is 37.4 Å². The molecule has 0 saturated heterocycles. The van der Waals surface area contributed by atoms with E-state index in [0.29, 0.717) is 32.4 Å². The number of hydrogen-bond acceptors (Lipinski definition) is 14. The van der Waals surface area contributed by atoms with Crippen LogP contribution in [0.25, 0.3) is 0 Å².